The number of carbonyl (C=O) groups excluding carboxylic acids is 1. The van der Waals surface area contributed by atoms with Gasteiger partial charge >= 0.3 is 6.09 Å². The van der Waals surface area contributed by atoms with E-state index in [1.807, 2.05) is 27.7 Å². The summed E-state index contributed by atoms with van der Waals surface area (Å²) in [6.45, 7) is 12.5. The maximum atomic E-state index is 11.9. The van der Waals surface area contributed by atoms with Gasteiger partial charge in [-0.25, -0.2) is 4.79 Å². The van der Waals surface area contributed by atoms with Crippen molar-refractivity contribution >= 4 is 12.1 Å². The molecule has 26 heavy (non-hydrogen) atoms. The van der Waals surface area contributed by atoms with Gasteiger partial charge in [0.1, 0.15) is 5.60 Å². The summed E-state index contributed by atoms with van der Waals surface area (Å²) in [6, 6.07) is 0.206. The van der Waals surface area contributed by atoms with Crippen LogP contribution in [0.1, 0.15) is 40.5 Å². The maximum absolute atomic E-state index is 11.9. The van der Waals surface area contributed by atoms with Crippen molar-refractivity contribution in [3.05, 3.63) is 0 Å². The van der Waals surface area contributed by atoms with Crippen molar-refractivity contribution in [1.82, 2.24) is 15.5 Å². The quantitative estimate of drug-likeness (QED) is 0.344. The minimum Gasteiger partial charge on any atom is -0.444 e. The highest BCUT2D eigenvalue weighted by molar-refractivity contribution is 5.80. The Kier molecular flexibility index (Phi) is 10.3. The lowest BCUT2D eigenvalue weighted by molar-refractivity contribution is 0.00701. The normalized spacial score (nSPS) is 15.6. The Bertz CT molecular complexity index is 431. The molecule has 1 aliphatic heterocycles. The topological polar surface area (TPSA) is 84.4 Å². The van der Waals surface area contributed by atoms with Crippen LogP contribution in [0.5, 0.6) is 0 Å². The number of carbonyl (C=O) groups is 1. The molecule has 8 nitrogen and oxygen atoms in total. The summed E-state index contributed by atoms with van der Waals surface area (Å²) < 4.78 is 15.7. The lowest BCUT2D eigenvalue weighted by atomic mass is 10.1. The first-order chi connectivity index (χ1) is 12.4. The molecule has 0 atom stereocenters. The van der Waals surface area contributed by atoms with Crippen LogP contribution in [0.25, 0.3) is 0 Å². The van der Waals surface area contributed by atoms with E-state index in [0.717, 1.165) is 38.5 Å². The van der Waals surface area contributed by atoms with Crippen molar-refractivity contribution in [1.29, 1.82) is 0 Å². The van der Waals surface area contributed by atoms with E-state index < -0.39 is 5.60 Å². The third-order valence-corrected chi connectivity index (χ3v) is 3.62. The molecule has 0 aromatic heterocycles. The van der Waals surface area contributed by atoms with Gasteiger partial charge in [-0.3, -0.25) is 4.99 Å². The fourth-order valence-corrected chi connectivity index (χ4v) is 2.31. The van der Waals surface area contributed by atoms with Gasteiger partial charge in [0, 0.05) is 39.9 Å². The van der Waals surface area contributed by atoms with Crippen molar-refractivity contribution in [3.8, 4) is 0 Å². The summed E-state index contributed by atoms with van der Waals surface area (Å²) in [6.07, 6.45) is 1.69. The summed E-state index contributed by atoms with van der Waals surface area (Å²) in [5.41, 5.74) is -0.459. The number of nitrogens with one attached hydrogen (secondary N) is 2. The second kappa shape index (κ2) is 12.0. The fourth-order valence-electron chi connectivity index (χ4n) is 2.31. The van der Waals surface area contributed by atoms with Crippen LogP contribution in [0, 0.1) is 0 Å². The zero-order chi connectivity index (χ0) is 19.4. The fraction of sp³-hybridized carbons (Fsp3) is 0.889. The van der Waals surface area contributed by atoms with Gasteiger partial charge in [0.15, 0.2) is 5.96 Å². The predicted octanol–water partition coefficient (Wildman–Crippen LogP) is 1.60. The number of amides is 1. The second-order valence-corrected chi connectivity index (χ2v) is 7.30. The van der Waals surface area contributed by atoms with Gasteiger partial charge in [0.05, 0.1) is 19.3 Å². The minimum atomic E-state index is -0.459. The Balaban J connectivity index is 2.22. The molecule has 1 heterocycles. The molecule has 0 aliphatic carbocycles. The Labute approximate surface area is 157 Å². The maximum Gasteiger partial charge on any atom is 0.410 e. The third-order valence-electron chi connectivity index (χ3n) is 3.62. The van der Waals surface area contributed by atoms with Crippen LogP contribution in [0.4, 0.5) is 4.79 Å². The zero-order valence-corrected chi connectivity index (χ0v) is 17.0. The molecule has 152 valence electrons. The number of hydrogen-bond donors (Lipinski definition) is 2. The van der Waals surface area contributed by atoms with Gasteiger partial charge < -0.3 is 29.7 Å². The van der Waals surface area contributed by atoms with Crippen LogP contribution in [-0.4, -0.2) is 81.7 Å². The zero-order valence-electron chi connectivity index (χ0n) is 17.0. The number of aliphatic imine (C=N–C) groups is 1. The van der Waals surface area contributed by atoms with Gasteiger partial charge in [-0.1, -0.05) is 0 Å². The van der Waals surface area contributed by atoms with Crippen molar-refractivity contribution < 1.29 is 19.0 Å². The molecule has 1 fully saturated rings. The Morgan fingerprint density at radius 1 is 1.19 bits per heavy atom. The molecule has 1 amide bonds. The highest BCUT2D eigenvalue weighted by Gasteiger charge is 2.34. The van der Waals surface area contributed by atoms with Crippen LogP contribution in [-0.2, 0) is 14.2 Å². The van der Waals surface area contributed by atoms with Crippen molar-refractivity contribution in [2.45, 2.75) is 52.2 Å². The monoisotopic (exact) mass is 372 g/mol. The Hall–Kier alpha value is -1.54. The molecule has 8 heteroatoms. The minimum absolute atomic E-state index is 0.206. The lowest BCUT2D eigenvalue weighted by Gasteiger charge is -2.40. The summed E-state index contributed by atoms with van der Waals surface area (Å²) in [4.78, 5) is 18.2. The van der Waals surface area contributed by atoms with Crippen molar-refractivity contribution in [2.24, 2.45) is 4.99 Å². The van der Waals surface area contributed by atoms with E-state index in [4.69, 9.17) is 14.2 Å². The molecular weight excluding hydrogens is 336 g/mol. The first-order valence-electron chi connectivity index (χ1n) is 9.45. The lowest BCUT2D eigenvalue weighted by Crippen LogP contribution is -2.63. The molecule has 0 aromatic carbocycles. The standard InChI is InChI=1S/C18H36N4O4/c1-6-19-16(20-9-7-8-10-25-12-11-24-5)21-15-13-22(14-15)17(23)26-18(2,3)4/h15H,6-14H2,1-5H3,(H2,19,20,21). The van der Waals surface area contributed by atoms with E-state index in [0.29, 0.717) is 26.3 Å². The van der Waals surface area contributed by atoms with Gasteiger partial charge in [-0.15, -0.1) is 0 Å². The molecule has 0 spiro atoms. The Morgan fingerprint density at radius 3 is 2.54 bits per heavy atom. The number of methoxy groups -OCH3 is 1. The average molecular weight is 373 g/mol. The second-order valence-electron chi connectivity index (χ2n) is 7.30. The molecule has 0 unspecified atom stereocenters. The van der Waals surface area contributed by atoms with Crippen LogP contribution >= 0.6 is 0 Å². The number of nitrogens with zero attached hydrogens (tertiary/aromatic N) is 2. The average Bonchev–Trinajstić information content (AvgIpc) is 2.50. The van der Waals surface area contributed by atoms with E-state index in [2.05, 4.69) is 15.6 Å². The highest BCUT2D eigenvalue weighted by Crippen LogP contribution is 2.15. The van der Waals surface area contributed by atoms with Gasteiger partial charge in [-0.05, 0) is 40.5 Å². The molecule has 0 bridgehead atoms. The highest BCUT2D eigenvalue weighted by atomic mass is 16.6. The van der Waals surface area contributed by atoms with Crippen LogP contribution in [0.3, 0.4) is 0 Å². The first-order valence-corrected chi connectivity index (χ1v) is 9.45. The Morgan fingerprint density at radius 2 is 1.92 bits per heavy atom. The number of guanidine groups is 1. The number of hydrogen-bond acceptors (Lipinski definition) is 5. The number of unbranched alkanes of at least 4 members (excludes halogenated alkanes) is 1. The van der Waals surface area contributed by atoms with Gasteiger partial charge in [-0.2, -0.15) is 0 Å². The predicted molar refractivity (Wildman–Crippen MR) is 103 cm³/mol. The third kappa shape index (κ3) is 9.82. The first kappa shape index (κ1) is 22.5. The van der Waals surface area contributed by atoms with Gasteiger partial charge in [0.25, 0.3) is 0 Å². The number of rotatable bonds is 10. The summed E-state index contributed by atoms with van der Waals surface area (Å²) >= 11 is 0. The number of likely N-dealkylation sites (tertiary alicyclic amines) is 1. The van der Waals surface area contributed by atoms with Crippen molar-refractivity contribution in [2.75, 3.05) is 53.1 Å². The summed E-state index contributed by atoms with van der Waals surface area (Å²) in [7, 11) is 1.67. The van der Waals surface area contributed by atoms with Crippen LogP contribution in [0.15, 0.2) is 4.99 Å². The van der Waals surface area contributed by atoms with Crippen LogP contribution < -0.4 is 10.6 Å². The molecule has 1 aliphatic rings. The molecule has 1 saturated heterocycles. The van der Waals surface area contributed by atoms with E-state index in [9.17, 15) is 4.79 Å². The summed E-state index contributed by atoms with van der Waals surface area (Å²) in [5.74, 6) is 0.793. The van der Waals surface area contributed by atoms with E-state index >= 15 is 0 Å². The largest absolute Gasteiger partial charge is 0.444 e. The van der Waals surface area contributed by atoms with Crippen LogP contribution in [0.2, 0.25) is 0 Å². The molecule has 1 rings (SSSR count). The SMILES string of the molecule is CCNC(=NCCCCOCCOC)NC1CN(C(=O)OC(C)(C)C)C1. The van der Waals surface area contributed by atoms with E-state index in [1.54, 1.807) is 12.0 Å². The molecular formula is C18H36N4O4. The van der Waals surface area contributed by atoms with Crippen molar-refractivity contribution in [3.63, 3.8) is 0 Å². The number of ether oxygens (including phenoxy) is 3. The molecule has 0 radical (unpaired) electrons. The van der Waals surface area contributed by atoms with Gasteiger partial charge in [0.2, 0.25) is 0 Å². The molecule has 0 saturated carbocycles. The van der Waals surface area contributed by atoms with E-state index in [1.165, 1.54) is 0 Å². The van der Waals surface area contributed by atoms with E-state index in [-0.39, 0.29) is 12.1 Å². The molecule has 0 aromatic rings. The summed E-state index contributed by atoms with van der Waals surface area (Å²) in [5, 5.41) is 6.60. The smallest absolute Gasteiger partial charge is 0.410 e. The molecule has 2 N–H and O–H groups in total.